The Kier molecular flexibility index (Phi) is 5.90. The van der Waals surface area contributed by atoms with Gasteiger partial charge in [-0.2, -0.15) is 0 Å². The van der Waals surface area contributed by atoms with Crippen molar-refractivity contribution in [3.05, 3.63) is 83.0 Å². The van der Waals surface area contributed by atoms with Gasteiger partial charge in [-0.1, -0.05) is 23.7 Å². The molecule has 158 valence electrons. The summed E-state index contributed by atoms with van der Waals surface area (Å²) in [5.41, 5.74) is 0.478. The van der Waals surface area contributed by atoms with Crippen molar-refractivity contribution in [2.75, 3.05) is 6.61 Å². The van der Waals surface area contributed by atoms with Crippen LogP contribution in [0.25, 0.3) is 6.08 Å². The van der Waals surface area contributed by atoms with Gasteiger partial charge in [-0.3, -0.25) is 19.8 Å². The van der Waals surface area contributed by atoms with E-state index in [0.29, 0.717) is 35.4 Å². The topological polar surface area (TPSA) is 93.8 Å². The molecule has 0 aliphatic carbocycles. The molecule has 0 spiro atoms. The van der Waals surface area contributed by atoms with Gasteiger partial charge in [0.05, 0.1) is 24.4 Å². The number of halogens is 1. The molecule has 3 heterocycles. The van der Waals surface area contributed by atoms with Crippen molar-refractivity contribution < 1.29 is 23.5 Å². The number of rotatable bonds is 7. The number of nitrogens with one attached hydrogen (secondary N) is 1. The van der Waals surface area contributed by atoms with Gasteiger partial charge < -0.3 is 13.7 Å². The van der Waals surface area contributed by atoms with Crippen molar-refractivity contribution in [1.82, 2.24) is 14.8 Å². The third-order valence-corrected chi connectivity index (χ3v) is 4.98. The van der Waals surface area contributed by atoms with E-state index in [2.05, 4.69) is 5.32 Å². The van der Waals surface area contributed by atoms with Crippen molar-refractivity contribution in [2.24, 2.45) is 0 Å². The Labute approximate surface area is 182 Å². The van der Waals surface area contributed by atoms with E-state index >= 15 is 0 Å². The van der Waals surface area contributed by atoms with Gasteiger partial charge in [0.1, 0.15) is 23.7 Å². The van der Waals surface area contributed by atoms with Crippen LogP contribution in [0.5, 0.6) is 5.75 Å². The lowest BCUT2D eigenvalue weighted by molar-refractivity contribution is -0.130. The number of hydrogen-bond donors (Lipinski definition) is 1. The minimum Gasteiger partial charge on any atom is -0.490 e. The molecule has 0 saturated carbocycles. The first-order valence-electron chi connectivity index (χ1n) is 9.46. The number of hydrogen-bond acceptors (Lipinski definition) is 5. The van der Waals surface area contributed by atoms with Crippen LogP contribution in [0.4, 0.5) is 4.79 Å². The lowest BCUT2D eigenvalue weighted by Crippen LogP contribution is -2.53. The summed E-state index contributed by atoms with van der Waals surface area (Å²) in [4.78, 5) is 38.2. The molecule has 1 N–H and O–H groups in total. The van der Waals surface area contributed by atoms with Gasteiger partial charge in [-0.05, 0) is 42.5 Å². The SMILES string of the molecule is O=C1NC(=O)N(Cc2ccco2)C(=O)C1=Cc1cccn1CCOc1ccccc1Cl. The molecule has 1 saturated heterocycles. The molecule has 8 nitrogen and oxygen atoms in total. The molecule has 4 rings (SSSR count). The van der Waals surface area contributed by atoms with Crippen molar-refractivity contribution in [1.29, 1.82) is 0 Å². The Morgan fingerprint density at radius 2 is 1.90 bits per heavy atom. The molecule has 3 aromatic rings. The lowest BCUT2D eigenvalue weighted by atomic mass is 10.1. The van der Waals surface area contributed by atoms with Crippen LogP contribution < -0.4 is 10.1 Å². The van der Waals surface area contributed by atoms with Crippen molar-refractivity contribution in [3.63, 3.8) is 0 Å². The first-order chi connectivity index (χ1) is 15.0. The highest BCUT2D eigenvalue weighted by Gasteiger charge is 2.36. The summed E-state index contributed by atoms with van der Waals surface area (Å²) in [5, 5.41) is 2.71. The number of ether oxygens (including phenoxy) is 1. The summed E-state index contributed by atoms with van der Waals surface area (Å²) in [6.07, 6.45) is 4.70. The molecule has 1 aromatic carbocycles. The summed E-state index contributed by atoms with van der Waals surface area (Å²) in [6.45, 7) is 0.717. The van der Waals surface area contributed by atoms with Gasteiger partial charge in [-0.15, -0.1) is 0 Å². The highest BCUT2D eigenvalue weighted by atomic mass is 35.5. The third kappa shape index (κ3) is 4.54. The molecule has 2 aromatic heterocycles. The van der Waals surface area contributed by atoms with Crippen molar-refractivity contribution in [3.8, 4) is 5.75 Å². The molecule has 1 aliphatic heterocycles. The monoisotopic (exact) mass is 439 g/mol. The van der Waals surface area contributed by atoms with E-state index in [0.717, 1.165) is 4.90 Å². The smallest absolute Gasteiger partial charge is 0.331 e. The molecular weight excluding hydrogens is 422 g/mol. The minimum atomic E-state index is -0.785. The van der Waals surface area contributed by atoms with Gasteiger partial charge in [0.15, 0.2) is 0 Å². The molecule has 1 aliphatic rings. The second-order valence-electron chi connectivity index (χ2n) is 6.69. The van der Waals surface area contributed by atoms with E-state index in [1.54, 1.807) is 42.6 Å². The van der Waals surface area contributed by atoms with E-state index in [1.807, 2.05) is 16.7 Å². The minimum absolute atomic E-state index is 0.0744. The first kappa shape index (κ1) is 20.5. The maximum atomic E-state index is 12.8. The highest BCUT2D eigenvalue weighted by molar-refractivity contribution is 6.32. The molecule has 31 heavy (non-hydrogen) atoms. The average molecular weight is 440 g/mol. The van der Waals surface area contributed by atoms with Gasteiger partial charge >= 0.3 is 6.03 Å². The molecule has 0 atom stereocenters. The number of benzene rings is 1. The quantitative estimate of drug-likeness (QED) is 0.449. The highest BCUT2D eigenvalue weighted by Crippen LogP contribution is 2.23. The van der Waals surface area contributed by atoms with Gasteiger partial charge in [0.25, 0.3) is 11.8 Å². The Hall–Kier alpha value is -3.78. The molecule has 9 heteroatoms. The second-order valence-corrected chi connectivity index (χ2v) is 7.10. The first-order valence-corrected chi connectivity index (χ1v) is 9.84. The van der Waals surface area contributed by atoms with Crippen LogP contribution in [0.15, 0.2) is 71.0 Å². The summed E-state index contributed by atoms with van der Waals surface area (Å²) >= 11 is 6.09. The number of para-hydroxylation sites is 1. The van der Waals surface area contributed by atoms with E-state index in [1.165, 1.54) is 12.3 Å². The molecule has 1 fully saturated rings. The van der Waals surface area contributed by atoms with E-state index in [4.69, 9.17) is 20.8 Å². The lowest BCUT2D eigenvalue weighted by Gasteiger charge is -2.25. The van der Waals surface area contributed by atoms with Crippen LogP contribution in [0, 0.1) is 0 Å². The van der Waals surface area contributed by atoms with Crippen LogP contribution in [-0.2, 0) is 22.7 Å². The number of furan rings is 1. The average Bonchev–Trinajstić information content (AvgIpc) is 3.42. The number of nitrogens with zero attached hydrogens (tertiary/aromatic N) is 2. The van der Waals surface area contributed by atoms with Crippen LogP contribution in [0.3, 0.4) is 0 Å². The van der Waals surface area contributed by atoms with Crippen LogP contribution >= 0.6 is 11.6 Å². The Morgan fingerprint density at radius 1 is 1.06 bits per heavy atom. The number of imide groups is 2. The Balaban J connectivity index is 1.49. The molecule has 4 amide bonds. The third-order valence-electron chi connectivity index (χ3n) is 4.66. The molecule has 0 unspecified atom stereocenters. The van der Waals surface area contributed by atoms with E-state index in [-0.39, 0.29) is 12.1 Å². The number of amides is 4. The van der Waals surface area contributed by atoms with Gasteiger partial charge in [-0.25, -0.2) is 4.79 Å². The summed E-state index contributed by atoms with van der Waals surface area (Å²) < 4.78 is 12.7. The zero-order valence-corrected chi connectivity index (χ0v) is 17.0. The molecular formula is C22H18ClN3O5. The van der Waals surface area contributed by atoms with Crippen LogP contribution in [0.2, 0.25) is 5.02 Å². The number of carbonyl (C=O) groups excluding carboxylic acids is 3. The van der Waals surface area contributed by atoms with Gasteiger partial charge in [0, 0.05) is 11.9 Å². The standard InChI is InChI=1S/C22H18ClN3O5/c23-18-7-1-2-8-19(18)31-12-10-25-9-3-5-15(25)13-17-20(27)24-22(29)26(21(17)28)14-16-6-4-11-30-16/h1-9,11,13H,10,12,14H2,(H,24,27,29). The summed E-state index contributed by atoms with van der Waals surface area (Å²) in [7, 11) is 0. The fraction of sp³-hybridized carbons (Fsp3) is 0.136. The maximum absolute atomic E-state index is 12.8. The van der Waals surface area contributed by atoms with E-state index < -0.39 is 17.8 Å². The van der Waals surface area contributed by atoms with Crippen molar-refractivity contribution in [2.45, 2.75) is 13.1 Å². The number of urea groups is 1. The maximum Gasteiger partial charge on any atom is 0.331 e. The van der Waals surface area contributed by atoms with Crippen LogP contribution in [-0.4, -0.2) is 33.9 Å². The van der Waals surface area contributed by atoms with E-state index in [9.17, 15) is 14.4 Å². The predicted octanol–water partition coefficient (Wildman–Crippen LogP) is 3.48. The fourth-order valence-electron chi connectivity index (χ4n) is 3.12. The fourth-order valence-corrected chi connectivity index (χ4v) is 3.31. The zero-order chi connectivity index (χ0) is 21.8. The summed E-state index contributed by atoms with van der Waals surface area (Å²) in [5.74, 6) is -0.432. The van der Waals surface area contributed by atoms with Crippen molar-refractivity contribution >= 4 is 35.5 Å². The zero-order valence-electron chi connectivity index (χ0n) is 16.3. The summed E-state index contributed by atoms with van der Waals surface area (Å²) in [6, 6.07) is 13.2. The predicted molar refractivity (Wildman–Crippen MR) is 112 cm³/mol. The Morgan fingerprint density at radius 3 is 2.68 bits per heavy atom. The van der Waals surface area contributed by atoms with Gasteiger partial charge in [0.2, 0.25) is 0 Å². The molecule has 0 bridgehead atoms. The van der Waals surface area contributed by atoms with Crippen LogP contribution in [0.1, 0.15) is 11.5 Å². The molecule has 0 radical (unpaired) electrons. The Bertz CT molecular complexity index is 1150. The normalized spacial score (nSPS) is 15.5. The largest absolute Gasteiger partial charge is 0.490 e. The number of aromatic nitrogens is 1. The number of carbonyl (C=O) groups is 3. The second kappa shape index (κ2) is 8.93. The number of barbiturate groups is 1.